The quantitative estimate of drug-likeness (QED) is 0.390. The summed E-state index contributed by atoms with van der Waals surface area (Å²) in [5, 5.41) is 31.9. The molecule has 2 N–H and O–H groups in total. The summed E-state index contributed by atoms with van der Waals surface area (Å²) < 4.78 is 0. The number of hydrogen-bond acceptors (Lipinski definition) is 5. The Bertz CT molecular complexity index is 837. The van der Waals surface area contributed by atoms with Crippen molar-refractivity contribution in [3.05, 3.63) is 69.8 Å². The van der Waals surface area contributed by atoms with Gasteiger partial charge < -0.3 is 10.4 Å². The first-order valence-corrected chi connectivity index (χ1v) is 6.47. The number of carbonyl (C=O) groups is 1. The molecule has 23 heavy (non-hydrogen) atoms. The van der Waals surface area contributed by atoms with Gasteiger partial charge >= 0.3 is 0 Å². The van der Waals surface area contributed by atoms with Crippen molar-refractivity contribution in [3.63, 3.8) is 0 Å². The lowest BCUT2D eigenvalue weighted by Crippen LogP contribution is -2.13. The summed E-state index contributed by atoms with van der Waals surface area (Å²) in [6.07, 6.45) is 1.24. The van der Waals surface area contributed by atoms with Gasteiger partial charge in [0, 0.05) is 23.4 Å². The average Bonchev–Trinajstić information content (AvgIpc) is 2.54. The predicted octanol–water partition coefficient (Wildman–Crippen LogP) is 2.85. The minimum absolute atomic E-state index is 0.0663. The Morgan fingerprint density at radius 1 is 1.26 bits per heavy atom. The molecule has 0 heterocycles. The molecule has 0 saturated heterocycles. The zero-order valence-electron chi connectivity index (χ0n) is 11.8. The molecule has 0 atom stereocenters. The fraction of sp³-hybridized carbons (Fsp3) is 0. The Balaban J connectivity index is 2.25. The lowest BCUT2D eigenvalue weighted by Gasteiger charge is -2.04. The monoisotopic (exact) mass is 309 g/mol. The van der Waals surface area contributed by atoms with Crippen LogP contribution in [0.1, 0.15) is 5.56 Å². The number of rotatable bonds is 4. The van der Waals surface area contributed by atoms with Crippen LogP contribution >= 0.6 is 0 Å². The topological polar surface area (TPSA) is 116 Å². The summed E-state index contributed by atoms with van der Waals surface area (Å²) in [6.45, 7) is 0. The van der Waals surface area contributed by atoms with E-state index < -0.39 is 10.8 Å². The maximum absolute atomic E-state index is 12.1. The van der Waals surface area contributed by atoms with Gasteiger partial charge in [0.25, 0.3) is 11.6 Å². The highest BCUT2D eigenvalue weighted by Crippen LogP contribution is 2.21. The van der Waals surface area contributed by atoms with Gasteiger partial charge in [0.2, 0.25) is 0 Å². The maximum atomic E-state index is 12.1. The van der Waals surface area contributed by atoms with Gasteiger partial charge in [-0.1, -0.05) is 24.3 Å². The number of phenols is 1. The normalized spacial score (nSPS) is 10.7. The van der Waals surface area contributed by atoms with Crippen molar-refractivity contribution in [1.82, 2.24) is 0 Å². The molecule has 2 aromatic carbocycles. The van der Waals surface area contributed by atoms with Gasteiger partial charge in [0.15, 0.2) is 0 Å². The van der Waals surface area contributed by atoms with Crippen LogP contribution in [0.25, 0.3) is 6.08 Å². The van der Waals surface area contributed by atoms with Crippen molar-refractivity contribution in [3.8, 4) is 11.8 Å². The second-order valence-electron chi connectivity index (χ2n) is 4.49. The third-order valence-electron chi connectivity index (χ3n) is 2.92. The largest absolute Gasteiger partial charge is 0.507 e. The summed E-state index contributed by atoms with van der Waals surface area (Å²) >= 11 is 0. The zero-order chi connectivity index (χ0) is 16.8. The first kappa shape index (κ1) is 15.7. The van der Waals surface area contributed by atoms with Crippen molar-refractivity contribution in [1.29, 1.82) is 5.26 Å². The van der Waals surface area contributed by atoms with Crippen molar-refractivity contribution >= 4 is 23.4 Å². The van der Waals surface area contributed by atoms with Gasteiger partial charge in [0.05, 0.1) is 4.92 Å². The van der Waals surface area contributed by atoms with E-state index in [9.17, 15) is 20.0 Å². The van der Waals surface area contributed by atoms with Crippen LogP contribution in [-0.2, 0) is 4.79 Å². The van der Waals surface area contributed by atoms with Crippen LogP contribution in [0.2, 0.25) is 0 Å². The fourth-order valence-electron chi connectivity index (χ4n) is 1.81. The highest BCUT2D eigenvalue weighted by molar-refractivity contribution is 6.09. The molecule has 114 valence electrons. The van der Waals surface area contributed by atoms with Crippen LogP contribution in [0, 0.1) is 21.4 Å². The highest BCUT2D eigenvalue weighted by Gasteiger charge is 2.12. The molecule has 0 saturated carbocycles. The Hall–Kier alpha value is -3.66. The molecule has 0 aliphatic rings. The third-order valence-corrected chi connectivity index (χ3v) is 2.92. The Morgan fingerprint density at radius 3 is 2.65 bits per heavy atom. The number of nitrogens with zero attached hydrogens (tertiary/aromatic N) is 2. The molecule has 0 aromatic heterocycles. The molecule has 0 bridgehead atoms. The SMILES string of the molecule is N#CC(=Cc1ccccc1O)C(=O)Nc1cccc([N+](=O)[O-])c1. The summed E-state index contributed by atoms with van der Waals surface area (Å²) in [7, 11) is 0. The molecule has 0 spiro atoms. The molecule has 7 heteroatoms. The van der Waals surface area contributed by atoms with Crippen molar-refractivity contribution in [2.75, 3.05) is 5.32 Å². The number of benzene rings is 2. The van der Waals surface area contributed by atoms with Gasteiger partial charge in [-0.15, -0.1) is 0 Å². The number of phenolic OH excluding ortho intramolecular Hbond substituents is 1. The van der Waals surface area contributed by atoms with Gasteiger partial charge in [-0.3, -0.25) is 14.9 Å². The molecule has 0 radical (unpaired) electrons. The third kappa shape index (κ3) is 3.92. The molecular formula is C16H11N3O4. The molecule has 7 nitrogen and oxygen atoms in total. The summed E-state index contributed by atoms with van der Waals surface area (Å²) in [5.41, 5.74) is 0.102. The second-order valence-corrected chi connectivity index (χ2v) is 4.49. The van der Waals surface area contributed by atoms with Gasteiger partial charge in [-0.05, 0) is 18.2 Å². The smallest absolute Gasteiger partial charge is 0.271 e. The van der Waals surface area contributed by atoms with E-state index in [1.54, 1.807) is 24.3 Å². The van der Waals surface area contributed by atoms with Crippen molar-refractivity contribution in [2.24, 2.45) is 0 Å². The number of amides is 1. The number of para-hydroxylation sites is 1. The standard InChI is InChI=1S/C16H11N3O4/c17-10-12(8-11-4-1-2-7-15(11)20)16(21)18-13-5-3-6-14(9-13)19(22)23/h1-9,20H,(H,18,21). The van der Waals surface area contributed by atoms with E-state index in [1.165, 1.54) is 36.4 Å². The number of carbonyl (C=O) groups excluding carboxylic acids is 1. The molecule has 0 unspecified atom stereocenters. The van der Waals surface area contributed by atoms with Crippen LogP contribution in [0.3, 0.4) is 0 Å². The van der Waals surface area contributed by atoms with Crippen LogP contribution in [0.4, 0.5) is 11.4 Å². The Kier molecular flexibility index (Phi) is 4.69. The molecule has 0 aliphatic heterocycles. The van der Waals surface area contributed by atoms with E-state index >= 15 is 0 Å². The zero-order valence-corrected chi connectivity index (χ0v) is 11.8. The lowest BCUT2D eigenvalue weighted by molar-refractivity contribution is -0.384. The molecule has 2 aromatic rings. The summed E-state index contributed by atoms with van der Waals surface area (Å²) in [5.74, 6) is -0.792. The first-order valence-electron chi connectivity index (χ1n) is 6.47. The van der Waals surface area contributed by atoms with Crippen molar-refractivity contribution in [2.45, 2.75) is 0 Å². The van der Waals surface area contributed by atoms with E-state index in [0.717, 1.165) is 0 Å². The van der Waals surface area contributed by atoms with Crippen LogP contribution < -0.4 is 5.32 Å². The van der Waals surface area contributed by atoms with Crippen LogP contribution in [0.5, 0.6) is 5.75 Å². The maximum Gasteiger partial charge on any atom is 0.271 e. The number of non-ortho nitro benzene ring substituents is 1. The highest BCUT2D eigenvalue weighted by atomic mass is 16.6. The van der Waals surface area contributed by atoms with Gasteiger partial charge in [-0.2, -0.15) is 5.26 Å². The predicted molar refractivity (Wildman–Crippen MR) is 83.4 cm³/mol. The van der Waals surface area contributed by atoms with E-state index in [2.05, 4.69) is 5.32 Å². The minimum Gasteiger partial charge on any atom is -0.507 e. The van der Waals surface area contributed by atoms with E-state index in [4.69, 9.17) is 5.26 Å². The van der Waals surface area contributed by atoms with E-state index in [0.29, 0.717) is 5.56 Å². The number of nitro groups is 1. The molecule has 1 amide bonds. The lowest BCUT2D eigenvalue weighted by atomic mass is 10.1. The van der Waals surface area contributed by atoms with Crippen LogP contribution in [-0.4, -0.2) is 15.9 Å². The average molecular weight is 309 g/mol. The number of nitrogens with one attached hydrogen (secondary N) is 1. The minimum atomic E-state index is -0.726. The van der Waals surface area contributed by atoms with Crippen LogP contribution in [0.15, 0.2) is 54.1 Å². The molecule has 0 aliphatic carbocycles. The Morgan fingerprint density at radius 2 is 2.00 bits per heavy atom. The second kappa shape index (κ2) is 6.87. The number of nitriles is 1. The van der Waals surface area contributed by atoms with E-state index in [1.807, 2.05) is 0 Å². The molecule has 2 rings (SSSR count). The van der Waals surface area contributed by atoms with Gasteiger partial charge in [-0.25, -0.2) is 0 Å². The van der Waals surface area contributed by atoms with Gasteiger partial charge in [0.1, 0.15) is 17.4 Å². The number of hydrogen-bond donors (Lipinski definition) is 2. The summed E-state index contributed by atoms with van der Waals surface area (Å²) in [4.78, 5) is 22.2. The summed E-state index contributed by atoms with van der Waals surface area (Å²) in [6, 6.07) is 13.4. The number of nitro benzene ring substituents is 1. The first-order chi connectivity index (χ1) is 11.0. The number of aromatic hydroxyl groups is 1. The Labute approximate surface area is 131 Å². The molecule has 0 fully saturated rings. The van der Waals surface area contributed by atoms with E-state index in [-0.39, 0.29) is 22.7 Å². The number of anilines is 1. The van der Waals surface area contributed by atoms with Crippen molar-refractivity contribution < 1.29 is 14.8 Å². The fourth-order valence-corrected chi connectivity index (χ4v) is 1.81. The molecular weight excluding hydrogens is 298 g/mol.